The number of hydrogen-bond acceptors (Lipinski definition) is 7. The van der Waals surface area contributed by atoms with Crippen LogP contribution in [0.5, 0.6) is 0 Å². The molecule has 3 aromatic heterocycles. The van der Waals surface area contributed by atoms with Gasteiger partial charge in [-0.15, -0.1) is 11.3 Å². The lowest BCUT2D eigenvalue weighted by molar-refractivity contribution is -0.137. The molecule has 0 aromatic carbocycles. The molecule has 120 valence electrons. The van der Waals surface area contributed by atoms with Crippen molar-refractivity contribution < 1.29 is 9.53 Å². The van der Waals surface area contributed by atoms with Gasteiger partial charge in [0.1, 0.15) is 11.2 Å². The zero-order valence-electron chi connectivity index (χ0n) is 12.9. The van der Waals surface area contributed by atoms with E-state index in [0.717, 1.165) is 28.7 Å². The van der Waals surface area contributed by atoms with Crippen LogP contribution in [0.4, 0.5) is 0 Å². The van der Waals surface area contributed by atoms with Crippen LogP contribution in [0, 0.1) is 5.92 Å². The average molecular weight is 348 g/mol. The van der Waals surface area contributed by atoms with Crippen LogP contribution < -0.4 is 0 Å². The maximum absolute atomic E-state index is 11.4. The summed E-state index contributed by atoms with van der Waals surface area (Å²) in [6.45, 7) is 2.29. The van der Waals surface area contributed by atoms with Gasteiger partial charge in [0.25, 0.3) is 0 Å². The topological polar surface area (TPSA) is 69.4 Å². The van der Waals surface area contributed by atoms with E-state index >= 15 is 0 Å². The van der Waals surface area contributed by atoms with Crippen molar-refractivity contribution in [2.75, 3.05) is 12.9 Å². The minimum absolute atomic E-state index is 0.214. The predicted octanol–water partition coefficient (Wildman–Crippen LogP) is 2.73. The molecule has 0 saturated heterocycles. The van der Waals surface area contributed by atoms with Gasteiger partial charge in [-0.05, 0) is 30.7 Å². The fraction of sp³-hybridized carbons (Fsp3) is 0.467. The highest BCUT2D eigenvalue weighted by atomic mass is 32.2. The van der Waals surface area contributed by atoms with E-state index in [0.29, 0.717) is 11.1 Å². The molecule has 3 heterocycles. The number of carbonyl (C=O) groups excluding carboxylic acids is 1. The van der Waals surface area contributed by atoms with Crippen molar-refractivity contribution in [2.45, 2.75) is 31.3 Å². The third kappa shape index (κ3) is 2.49. The van der Waals surface area contributed by atoms with Gasteiger partial charge in [0, 0.05) is 4.88 Å². The lowest BCUT2D eigenvalue weighted by Crippen LogP contribution is -2.09. The number of fused-ring (bicyclic) bond motifs is 5. The van der Waals surface area contributed by atoms with Gasteiger partial charge in [0.05, 0.1) is 18.2 Å². The van der Waals surface area contributed by atoms with Gasteiger partial charge >= 0.3 is 5.97 Å². The normalized spacial score (nSPS) is 17.6. The zero-order valence-corrected chi connectivity index (χ0v) is 14.5. The fourth-order valence-corrected chi connectivity index (χ4v) is 5.06. The first kappa shape index (κ1) is 14.9. The number of methoxy groups -OCH3 is 1. The number of thiophene rings is 1. The summed E-state index contributed by atoms with van der Waals surface area (Å²) in [5.74, 6) is 0.632. The standard InChI is InChI=1S/C15H16N4O2S2/c1-8-3-4-10-9(5-8)12-13-16-7-17-19(13)15(18-14(12)23-10)22-6-11(20)21-2/h7-8H,3-6H2,1-2H3. The van der Waals surface area contributed by atoms with Crippen molar-refractivity contribution in [3.8, 4) is 0 Å². The molecule has 0 N–H and O–H groups in total. The van der Waals surface area contributed by atoms with Crippen LogP contribution in [0.2, 0.25) is 0 Å². The number of nitrogens with zero attached hydrogens (tertiary/aromatic N) is 4. The number of hydrogen-bond donors (Lipinski definition) is 0. The molecule has 0 amide bonds. The van der Waals surface area contributed by atoms with Gasteiger partial charge in [-0.3, -0.25) is 4.79 Å². The minimum atomic E-state index is -0.274. The second-order valence-electron chi connectivity index (χ2n) is 5.79. The first-order valence-electron chi connectivity index (χ1n) is 7.51. The molecule has 1 aliphatic carbocycles. The van der Waals surface area contributed by atoms with Gasteiger partial charge in [0.2, 0.25) is 0 Å². The minimum Gasteiger partial charge on any atom is -0.468 e. The monoisotopic (exact) mass is 348 g/mol. The molecule has 0 bridgehead atoms. The molecule has 0 spiro atoms. The van der Waals surface area contributed by atoms with Crippen molar-refractivity contribution in [1.82, 2.24) is 19.6 Å². The number of esters is 1. The van der Waals surface area contributed by atoms with Gasteiger partial charge < -0.3 is 4.74 Å². The molecule has 0 fully saturated rings. The largest absolute Gasteiger partial charge is 0.468 e. The summed E-state index contributed by atoms with van der Waals surface area (Å²) in [5, 5.41) is 6.11. The van der Waals surface area contributed by atoms with E-state index in [1.807, 2.05) is 0 Å². The van der Waals surface area contributed by atoms with Gasteiger partial charge in [-0.1, -0.05) is 18.7 Å². The van der Waals surface area contributed by atoms with Crippen LogP contribution in [-0.4, -0.2) is 38.4 Å². The SMILES string of the molecule is COC(=O)CSc1nc2sc3c(c2c2ncnn12)CC(C)CC3. The van der Waals surface area contributed by atoms with Crippen molar-refractivity contribution in [3.05, 3.63) is 16.8 Å². The molecule has 1 aliphatic rings. The summed E-state index contributed by atoms with van der Waals surface area (Å²) in [4.78, 5) is 23.0. The Morgan fingerprint density at radius 1 is 1.57 bits per heavy atom. The molecule has 1 unspecified atom stereocenters. The summed E-state index contributed by atoms with van der Waals surface area (Å²) in [7, 11) is 1.39. The summed E-state index contributed by atoms with van der Waals surface area (Å²) >= 11 is 3.08. The van der Waals surface area contributed by atoms with Crippen molar-refractivity contribution in [1.29, 1.82) is 0 Å². The van der Waals surface area contributed by atoms with Crippen LogP contribution in [-0.2, 0) is 22.4 Å². The Hall–Kier alpha value is -1.67. The van der Waals surface area contributed by atoms with E-state index in [2.05, 4.69) is 17.0 Å². The maximum atomic E-state index is 11.4. The Balaban J connectivity index is 1.86. The summed E-state index contributed by atoms with van der Waals surface area (Å²) in [6.07, 6.45) is 4.97. The lowest BCUT2D eigenvalue weighted by atomic mass is 9.89. The molecule has 6 nitrogen and oxygen atoms in total. The molecule has 0 saturated carbocycles. The first-order chi connectivity index (χ1) is 11.2. The lowest BCUT2D eigenvalue weighted by Gasteiger charge is -2.17. The summed E-state index contributed by atoms with van der Waals surface area (Å²) in [5.41, 5.74) is 2.23. The van der Waals surface area contributed by atoms with E-state index in [-0.39, 0.29) is 11.7 Å². The third-order valence-corrected chi connectivity index (χ3v) is 6.27. The number of carbonyl (C=O) groups is 1. The van der Waals surface area contributed by atoms with E-state index in [1.54, 1.807) is 22.2 Å². The number of aryl methyl sites for hydroxylation is 1. The third-order valence-electron chi connectivity index (χ3n) is 4.19. The number of ether oxygens (including phenoxy) is 1. The smallest absolute Gasteiger partial charge is 0.316 e. The highest BCUT2D eigenvalue weighted by molar-refractivity contribution is 7.99. The molecule has 3 aromatic rings. The van der Waals surface area contributed by atoms with Crippen LogP contribution in [0.3, 0.4) is 0 Å². The van der Waals surface area contributed by atoms with Crippen LogP contribution >= 0.6 is 23.1 Å². The van der Waals surface area contributed by atoms with Crippen LogP contribution in [0.15, 0.2) is 11.5 Å². The van der Waals surface area contributed by atoms with Gasteiger partial charge in [0.15, 0.2) is 10.8 Å². The molecule has 0 aliphatic heterocycles. The van der Waals surface area contributed by atoms with E-state index in [9.17, 15) is 4.79 Å². The predicted molar refractivity (Wildman–Crippen MR) is 90.1 cm³/mol. The Morgan fingerprint density at radius 3 is 3.26 bits per heavy atom. The Bertz CT molecular complexity index is 902. The fourth-order valence-electron chi connectivity index (χ4n) is 3.01. The van der Waals surface area contributed by atoms with Gasteiger partial charge in [-0.2, -0.15) is 9.61 Å². The molecular formula is C15H16N4O2S2. The molecule has 8 heteroatoms. The Kier molecular flexibility index (Phi) is 3.73. The molecule has 1 atom stereocenters. The number of rotatable bonds is 3. The van der Waals surface area contributed by atoms with E-state index in [4.69, 9.17) is 9.72 Å². The molecular weight excluding hydrogens is 332 g/mol. The summed E-state index contributed by atoms with van der Waals surface area (Å²) < 4.78 is 6.44. The highest BCUT2D eigenvalue weighted by Gasteiger charge is 2.24. The second-order valence-corrected chi connectivity index (χ2v) is 7.81. The van der Waals surface area contributed by atoms with E-state index < -0.39 is 0 Å². The first-order valence-corrected chi connectivity index (χ1v) is 9.31. The van der Waals surface area contributed by atoms with Gasteiger partial charge in [-0.25, -0.2) is 9.97 Å². The number of aromatic nitrogens is 4. The van der Waals surface area contributed by atoms with Crippen LogP contribution in [0.1, 0.15) is 23.8 Å². The zero-order chi connectivity index (χ0) is 16.0. The van der Waals surface area contributed by atoms with Crippen molar-refractivity contribution >= 4 is 44.9 Å². The molecule has 4 rings (SSSR count). The van der Waals surface area contributed by atoms with E-state index in [1.165, 1.54) is 35.7 Å². The maximum Gasteiger partial charge on any atom is 0.316 e. The van der Waals surface area contributed by atoms with Crippen molar-refractivity contribution in [2.24, 2.45) is 5.92 Å². The highest BCUT2D eigenvalue weighted by Crippen LogP contribution is 2.39. The van der Waals surface area contributed by atoms with Crippen LogP contribution in [0.25, 0.3) is 15.9 Å². The second kappa shape index (κ2) is 5.76. The Labute approximate surface area is 141 Å². The molecule has 0 radical (unpaired) electrons. The molecule has 23 heavy (non-hydrogen) atoms. The summed E-state index contributed by atoms with van der Waals surface area (Å²) in [6, 6.07) is 0. The van der Waals surface area contributed by atoms with Crippen molar-refractivity contribution in [3.63, 3.8) is 0 Å². The quantitative estimate of drug-likeness (QED) is 0.412. The number of thioether (sulfide) groups is 1. The average Bonchev–Trinajstić information content (AvgIpc) is 3.15. The Morgan fingerprint density at radius 2 is 2.43 bits per heavy atom.